The Bertz CT molecular complexity index is 408. The summed E-state index contributed by atoms with van der Waals surface area (Å²) in [5.74, 6) is 2.56. The van der Waals surface area contributed by atoms with E-state index in [1.807, 2.05) is 13.0 Å². The average Bonchev–Trinajstić information content (AvgIpc) is 2.74. The van der Waals surface area contributed by atoms with Crippen molar-refractivity contribution in [2.45, 2.75) is 25.8 Å². The van der Waals surface area contributed by atoms with Crippen LogP contribution in [0.25, 0.3) is 0 Å². The number of aromatic nitrogens is 2. The summed E-state index contributed by atoms with van der Waals surface area (Å²) in [5.41, 5.74) is 5.48. The van der Waals surface area contributed by atoms with Crippen molar-refractivity contribution >= 4 is 11.6 Å². The molecule has 1 saturated heterocycles. The second kappa shape index (κ2) is 6.68. The molecule has 0 amide bonds. The van der Waals surface area contributed by atoms with Crippen LogP contribution in [0.1, 0.15) is 18.7 Å². The van der Waals surface area contributed by atoms with Crippen LogP contribution in [0.4, 0.5) is 11.6 Å². The molecule has 4 N–H and O–H groups in total. The van der Waals surface area contributed by atoms with Gasteiger partial charge < -0.3 is 21.3 Å². The Labute approximate surface area is 114 Å². The zero-order chi connectivity index (χ0) is 13.7. The number of aryl methyl sites for hydroxylation is 1. The van der Waals surface area contributed by atoms with E-state index < -0.39 is 0 Å². The van der Waals surface area contributed by atoms with Crippen LogP contribution < -0.4 is 16.4 Å². The molecule has 0 spiro atoms. The second-order valence-corrected chi connectivity index (χ2v) is 5.15. The first kappa shape index (κ1) is 14.0. The molecule has 2 heterocycles. The number of likely N-dealkylation sites (N-methyl/N-ethyl adjacent to an activating group) is 1. The van der Waals surface area contributed by atoms with Gasteiger partial charge in [0.1, 0.15) is 17.5 Å². The lowest BCUT2D eigenvalue weighted by atomic mass is 10.2. The number of rotatable bonds is 6. The number of nitrogens with one attached hydrogen (secondary N) is 2. The minimum Gasteiger partial charge on any atom is -0.370 e. The zero-order valence-corrected chi connectivity index (χ0v) is 11.8. The highest BCUT2D eigenvalue weighted by molar-refractivity contribution is 5.48. The normalized spacial score (nSPS) is 19.6. The summed E-state index contributed by atoms with van der Waals surface area (Å²) in [4.78, 5) is 11.2. The lowest BCUT2D eigenvalue weighted by Crippen LogP contribution is -2.24. The monoisotopic (exact) mass is 264 g/mol. The molecule has 0 saturated carbocycles. The molecular weight excluding hydrogens is 240 g/mol. The molecule has 0 aliphatic carbocycles. The van der Waals surface area contributed by atoms with Gasteiger partial charge in [0.2, 0.25) is 0 Å². The fraction of sp³-hybridized carbons (Fsp3) is 0.692. The minimum atomic E-state index is 0.483. The molecule has 0 bridgehead atoms. The molecule has 1 fully saturated rings. The van der Waals surface area contributed by atoms with Crippen LogP contribution in [0.2, 0.25) is 0 Å². The number of nitrogens with two attached hydrogens (primary N) is 1. The summed E-state index contributed by atoms with van der Waals surface area (Å²) in [6, 6.07) is 2.46. The van der Waals surface area contributed by atoms with Gasteiger partial charge in [-0.15, -0.1) is 0 Å². The summed E-state index contributed by atoms with van der Waals surface area (Å²) in [5, 5.41) is 6.76. The van der Waals surface area contributed by atoms with Crippen LogP contribution >= 0.6 is 0 Å². The first-order valence-electron chi connectivity index (χ1n) is 6.92. The molecule has 1 unspecified atom stereocenters. The molecule has 1 aromatic heterocycles. The van der Waals surface area contributed by atoms with Gasteiger partial charge in [-0.25, -0.2) is 9.97 Å². The SMILES string of the molecule is Cc1nc(NCCCN)cc(NC2CCN(C)C2)n1. The lowest BCUT2D eigenvalue weighted by Gasteiger charge is -2.15. The van der Waals surface area contributed by atoms with Crippen molar-refractivity contribution in [3.63, 3.8) is 0 Å². The van der Waals surface area contributed by atoms with Gasteiger partial charge in [-0.05, 0) is 39.9 Å². The van der Waals surface area contributed by atoms with E-state index in [-0.39, 0.29) is 0 Å². The summed E-state index contributed by atoms with van der Waals surface area (Å²) >= 11 is 0. The standard InChI is InChI=1S/C13H24N6/c1-10-16-12(15-6-3-5-14)8-13(17-10)18-11-4-7-19(2)9-11/h8,11H,3-7,9,14H2,1-2H3,(H2,15,16,17,18). The number of likely N-dealkylation sites (tertiary alicyclic amines) is 1. The highest BCUT2D eigenvalue weighted by Gasteiger charge is 2.19. The van der Waals surface area contributed by atoms with Crippen LogP contribution in [0.15, 0.2) is 6.07 Å². The predicted octanol–water partition coefficient (Wildman–Crippen LogP) is 0.662. The quantitative estimate of drug-likeness (QED) is 0.655. The summed E-state index contributed by atoms with van der Waals surface area (Å²) in [6.07, 6.45) is 2.11. The fourth-order valence-electron chi connectivity index (χ4n) is 2.31. The first-order valence-corrected chi connectivity index (χ1v) is 6.92. The van der Waals surface area contributed by atoms with Crippen molar-refractivity contribution in [2.75, 3.05) is 43.9 Å². The van der Waals surface area contributed by atoms with Crippen molar-refractivity contribution in [1.82, 2.24) is 14.9 Å². The molecular formula is C13H24N6. The molecule has 2 rings (SSSR count). The number of hydrogen-bond donors (Lipinski definition) is 3. The molecule has 106 valence electrons. The molecule has 6 heteroatoms. The van der Waals surface area contributed by atoms with Crippen molar-refractivity contribution in [1.29, 1.82) is 0 Å². The molecule has 1 aliphatic heterocycles. The topological polar surface area (TPSA) is 79.1 Å². The summed E-state index contributed by atoms with van der Waals surface area (Å²) < 4.78 is 0. The van der Waals surface area contributed by atoms with E-state index >= 15 is 0 Å². The number of nitrogens with zero attached hydrogens (tertiary/aromatic N) is 3. The third-order valence-electron chi connectivity index (χ3n) is 3.27. The van der Waals surface area contributed by atoms with E-state index in [1.54, 1.807) is 0 Å². The fourth-order valence-corrected chi connectivity index (χ4v) is 2.31. The highest BCUT2D eigenvalue weighted by atomic mass is 15.2. The maximum atomic E-state index is 5.48. The van der Waals surface area contributed by atoms with E-state index in [9.17, 15) is 0 Å². The van der Waals surface area contributed by atoms with Gasteiger partial charge in [-0.1, -0.05) is 0 Å². The molecule has 6 nitrogen and oxygen atoms in total. The van der Waals surface area contributed by atoms with E-state index in [2.05, 4.69) is 32.5 Å². The van der Waals surface area contributed by atoms with Crippen LogP contribution in [0.3, 0.4) is 0 Å². The first-order chi connectivity index (χ1) is 9.17. The van der Waals surface area contributed by atoms with Gasteiger partial charge in [0.05, 0.1) is 0 Å². The Balaban J connectivity index is 1.95. The van der Waals surface area contributed by atoms with Gasteiger partial charge in [-0.3, -0.25) is 0 Å². The lowest BCUT2D eigenvalue weighted by molar-refractivity contribution is 0.414. The van der Waals surface area contributed by atoms with E-state index in [1.165, 1.54) is 0 Å². The Morgan fingerprint density at radius 1 is 1.42 bits per heavy atom. The summed E-state index contributed by atoms with van der Waals surface area (Å²) in [7, 11) is 2.15. The predicted molar refractivity (Wildman–Crippen MR) is 78.5 cm³/mol. The van der Waals surface area contributed by atoms with Crippen LogP contribution in [-0.2, 0) is 0 Å². The molecule has 0 aromatic carbocycles. The van der Waals surface area contributed by atoms with Crippen molar-refractivity contribution in [2.24, 2.45) is 5.73 Å². The van der Waals surface area contributed by atoms with Crippen LogP contribution in [0, 0.1) is 6.92 Å². The van der Waals surface area contributed by atoms with E-state index in [0.29, 0.717) is 12.6 Å². The Morgan fingerprint density at radius 2 is 2.21 bits per heavy atom. The summed E-state index contributed by atoms with van der Waals surface area (Å²) in [6.45, 7) is 5.66. The maximum Gasteiger partial charge on any atom is 0.132 e. The Kier molecular flexibility index (Phi) is 4.93. The molecule has 0 radical (unpaired) electrons. The molecule has 1 aromatic rings. The Hall–Kier alpha value is -1.40. The van der Waals surface area contributed by atoms with Gasteiger partial charge in [-0.2, -0.15) is 0 Å². The Morgan fingerprint density at radius 3 is 2.89 bits per heavy atom. The molecule has 1 aliphatic rings. The third-order valence-corrected chi connectivity index (χ3v) is 3.27. The average molecular weight is 264 g/mol. The van der Waals surface area contributed by atoms with E-state index in [4.69, 9.17) is 5.73 Å². The van der Waals surface area contributed by atoms with E-state index in [0.717, 1.165) is 49.9 Å². The van der Waals surface area contributed by atoms with Crippen molar-refractivity contribution in [3.8, 4) is 0 Å². The number of hydrogen-bond acceptors (Lipinski definition) is 6. The van der Waals surface area contributed by atoms with Crippen LogP contribution in [0.5, 0.6) is 0 Å². The van der Waals surface area contributed by atoms with Crippen molar-refractivity contribution < 1.29 is 0 Å². The molecule has 1 atom stereocenters. The smallest absolute Gasteiger partial charge is 0.132 e. The largest absolute Gasteiger partial charge is 0.370 e. The van der Waals surface area contributed by atoms with Gasteiger partial charge in [0.15, 0.2) is 0 Å². The van der Waals surface area contributed by atoms with Gasteiger partial charge >= 0.3 is 0 Å². The van der Waals surface area contributed by atoms with Gasteiger partial charge in [0, 0.05) is 25.2 Å². The maximum absolute atomic E-state index is 5.48. The third kappa shape index (κ3) is 4.33. The number of anilines is 2. The van der Waals surface area contributed by atoms with Crippen LogP contribution in [-0.4, -0.2) is 54.1 Å². The zero-order valence-electron chi connectivity index (χ0n) is 11.8. The second-order valence-electron chi connectivity index (χ2n) is 5.15. The molecule has 19 heavy (non-hydrogen) atoms. The van der Waals surface area contributed by atoms with Crippen molar-refractivity contribution in [3.05, 3.63) is 11.9 Å². The highest BCUT2D eigenvalue weighted by Crippen LogP contribution is 2.16. The minimum absolute atomic E-state index is 0.483. The van der Waals surface area contributed by atoms with Gasteiger partial charge in [0.25, 0.3) is 0 Å².